The first-order valence-corrected chi connectivity index (χ1v) is 7.03. The summed E-state index contributed by atoms with van der Waals surface area (Å²) in [6.07, 6.45) is 4.66. The molecule has 1 aliphatic carbocycles. The molecule has 100 valence electrons. The Morgan fingerprint density at radius 2 is 2.05 bits per heavy atom. The third-order valence-electron chi connectivity index (χ3n) is 3.87. The quantitative estimate of drug-likeness (QED) is 0.890. The number of aryl methyl sites for hydroxylation is 1. The van der Waals surface area contributed by atoms with E-state index in [0.717, 1.165) is 19.0 Å². The van der Waals surface area contributed by atoms with Crippen molar-refractivity contribution < 1.29 is 0 Å². The van der Waals surface area contributed by atoms with Crippen LogP contribution in [0.4, 0.5) is 0 Å². The van der Waals surface area contributed by atoms with E-state index >= 15 is 0 Å². The Bertz CT molecular complexity index is 567. The fourth-order valence-corrected chi connectivity index (χ4v) is 2.66. The van der Waals surface area contributed by atoms with Crippen LogP contribution in [0.3, 0.4) is 0 Å². The highest BCUT2D eigenvalue weighted by atomic mass is 15.3. The van der Waals surface area contributed by atoms with Crippen molar-refractivity contribution in [2.45, 2.75) is 38.8 Å². The Hall–Kier alpha value is -1.61. The zero-order valence-electron chi connectivity index (χ0n) is 11.7. The van der Waals surface area contributed by atoms with Crippen molar-refractivity contribution in [2.75, 3.05) is 7.05 Å². The minimum atomic E-state index is 0.731. The molecule has 0 radical (unpaired) electrons. The molecule has 19 heavy (non-hydrogen) atoms. The van der Waals surface area contributed by atoms with E-state index in [-0.39, 0.29) is 0 Å². The molecule has 3 rings (SSSR count). The number of nitrogens with zero attached hydrogens (tertiary/aromatic N) is 2. The summed E-state index contributed by atoms with van der Waals surface area (Å²) in [7, 11) is 2.00. The maximum absolute atomic E-state index is 4.61. The van der Waals surface area contributed by atoms with Crippen molar-refractivity contribution >= 4 is 0 Å². The molecule has 1 aromatic carbocycles. The molecule has 0 bridgehead atoms. The van der Waals surface area contributed by atoms with Crippen LogP contribution in [-0.2, 0) is 13.1 Å². The van der Waals surface area contributed by atoms with Crippen molar-refractivity contribution in [2.24, 2.45) is 0 Å². The average Bonchev–Trinajstić information content (AvgIpc) is 3.17. The van der Waals surface area contributed by atoms with E-state index in [1.165, 1.54) is 35.2 Å². The van der Waals surface area contributed by atoms with Gasteiger partial charge in [-0.1, -0.05) is 24.3 Å². The maximum atomic E-state index is 4.61. The highest BCUT2D eigenvalue weighted by molar-refractivity contribution is 5.29. The van der Waals surface area contributed by atoms with Gasteiger partial charge >= 0.3 is 0 Å². The average molecular weight is 255 g/mol. The van der Waals surface area contributed by atoms with Gasteiger partial charge < -0.3 is 5.32 Å². The van der Waals surface area contributed by atoms with Gasteiger partial charge in [0.1, 0.15) is 0 Å². The summed E-state index contributed by atoms with van der Waals surface area (Å²) in [5, 5.41) is 7.85. The van der Waals surface area contributed by atoms with E-state index in [0.29, 0.717) is 0 Å². The van der Waals surface area contributed by atoms with E-state index in [1.807, 2.05) is 13.2 Å². The lowest BCUT2D eigenvalue weighted by Gasteiger charge is -2.11. The van der Waals surface area contributed by atoms with Gasteiger partial charge in [-0.15, -0.1) is 0 Å². The number of rotatable bonds is 5. The summed E-state index contributed by atoms with van der Waals surface area (Å²) >= 11 is 0. The van der Waals surface area contributed by atoms with Crippen molar-refractivity contribution in [1.82, 2.24) is 15.1 Å². The lowest BCUT2D eigenvalue weighted by atomic mass is 10.1. The van der Waals surface area contributed by atoms with E-state index in [1.54, 1.807) is 0 Å². The summed E-state index contributed by atoms with van der Waals surface area (Å²) in [6, 6.07) is 8.57. The van der Waals surface area contributed by atoms with Gasteiger partial charge in [0.15, 0.2) is 0 Å². The molecule has 1 fully saturated rings. The third-order valence-corrected chi connectivity index (χ3v) is 3.87. The van der Waals surface area contributed by atoms with Gasteiger partial charge in [-0.25, -0.2) is 0 Å². The minimum absolute atomic E-state index is 0.731. The second-order valence-electron chi connectivity index (χ2n) is 5.44. The molecule has 1 aromatic heterocycles. The molecule has 1 saturated carbocycles. The molecule has 1 heterocycles. The first kappa shape index (κ1) is 12.4. The summed E-state index contributed by atoms with van der Waals surface area (Å²) in [4.78, 5) is 0. The van der Waals surface area contributed by atoms with Crippen LogP contribution in [0.25, 0.3) is 0 Å². The largest absolute Gasteiger partial charge is 0.316 e. The summed E-state index contributed by atoms with van der Waals surface area (Å²) in [6.45, 7) is 3.98. The second kappa shape index (κ2) is 5.17. The van der Waals surface area contributed by atoms with Crippen molar-refractivity contribution in [1.29, 1.82) is 0 Å². The van der Waals surface area contributed by atoms with Gasteiger partial charge in [0.05, 0.1) is 12.7 Å². The standard InChI is InChI=1S/C16H21N3/c1-12-5-3-4-6-14(12)11-19-16(13-7-8-13)15(9-17-2)10-18-19/h3-6,10,13,17H,7-9,11H2,1-2H3. The molecule has 2 aromatic rings. The molecule has 1 aliphatic rings. The van der Waals surface area contributed by atoms with E-state index < -0.39 is 0 Å². The zero-order chi connectivity index (χ0) is 13.2. The summed E-state index contributed by atoms with van der Waals surface area (Å²) in [5.74, 6) is 0.731. The van der Waals surface area contributed by atoms with E-state index in [4.69, 9.17) is 0 Å². The first-order valence-electron chi connectivity index (χ1n) is 7.03. The lowest BCUT2D eigenvalue weighted by molar-refractivity contribution is 0.639. The second-order valence-corrected chi connectivity index (χ2v) is 5.44. The van der Waals surface area contributed by atoms with Crippen molar-refractivity contribution in [3.63, 3.8) is 0 Å². The van der Waals surface area contributed by atoms with Gasteiger partial charge in [0.25, 0.3) is 0 Å². The molecule has 0 amide bonds. The SMILES string of the molecule is CNCc1cnn(Cc2ccccc2C)c1C1CC1. The topological polar surface area (TPSA) is 29.9 Å². The number of benzene rings is 1. The van der Waals surface area contributed by atoms with Crippen LogP contribution >= 0.6 is 0 Å². The van der Waals surface area contributed by atoms with Gasteiger partial charge in [-0.3, -0.25) is 4.68 Å². The monoisotopic (exact) mass is 255 g/mol. The fraction of sp³-hybridized carbons (Fsp3) is 0.438. The predicted octanol–water partition coefficient (Wildman–Crippen LogP) is 2.84. The number of hydrogen-bond donors (Lipinski definition) is 1. The van der Waals surface area contributed by atoms with Crippen molar-refractivity contribution in [3.05, 3.63) is 52.8 Å². The summed E-state index contributed by atoms with van der Waals surface area (Å²) < 4.78 is 2.20. The van der Waals surface area contributed by atoms with E-state index in [9.17, 15) is 0 Å². The van der Waals surface area contributed by atoms with Gasteiger partial charge in [0.2, 0.25) is 0 Å². The summed E-state index contributed by atoms with van der Waals surface area (Å²) in [5.41, 5.74) is 5.51. The fourth-order valence-electron chi connectivity index (χ4n) is 2.66. The van der Waals surface area contributed by atoms with Crippen LogP contribution in [-0.4, -0.2) is 16.8 Å². The van der Waals surface area contributed by atoms with Crippen LogP contribution in [0.15, 0.2) is 30.5 Å². The predicted molar refractivity (Wildman–Crippen MR) is 77.2 cm³/mol. The lowest BCUT2D eigenvalue weighted by Crippen LogP contribution is -2.10. The van der Waals surface area contributed by atoms with Gasteiger partial charge in [-0.2, -0.15) is 5.10 Å². The molecular formula is C16H21N3. The molecule has 0 spiro atoms. The highest BCUT2D eigenvalue weighted by Gasteiger charge is 2.29. The van der Waals surface area contributed by atoms with Crippen LogP contribution < -0.4 is 5.32 Å². The number of nitrogens with one attached hydrogen (secondary N) is 1. The van der Waals surface area contributed by atoms with Crippen LogP contribution in [0.5, 0.6) is 0 Å². The maximum Gasteiger partial charge on any atom is 0.0665 e. The number of aromatic nitrogens is 2. The van der Waals surface area contributed by atoms with Crippen LogP contribution in [0, 0.1) is 6.92 Å². The Kier molecular flexibility index (Phi) is 3.38. The number of hydrogen-bond acceptors (Lipinski definition) is 2. The molecule has 0 atom stereocenters. The molecule has 3 nitrogen and oxygen atoms in total. The van der Waals surface area contributed by atoms with Crippen LogP contribution in [0.1, 0.15) is 41.1 Å². The Balaban J connectivity index is 1.90. The van der Waals surface area contributed by atoms with Crippen molar-refractivity contribution in [3.8, 4) is 0 Å². The van der Waals surface area contributed by atoms with E-state index in [2.05, 4.69) is 46.3 Å². The molecule has 3 heteroatoms. The molecule has 0 saturated heterocycles. The van der Waals surface area contributed by atoms with Crippen LogP contribution in [0.2, 0.25) is 0 Å². The highest BCUT2D eigenvalue weighted by Crippen LogP contribution is 2.41. The Morgan fingerprint density at radius 1 is 1.26 bits per heavy atom. The molecule has 0 unspecified atom stereocenters. The van der Waals surface area contributed by atoms with Gasteiger partial charge in [-0.05, 0) is 37.9 Å². The smallest absolute Gasteiger partial charge is 0.0665 e. The first-order chi connectivity index (χ1) is 9.29. The molecule has 0 aliphatic heterocycles. The zero-order valence-corrected chi connectivity index (χ0v) is 11.7. The Labute approximate surface area is 114 Å². The molecular weight excluding hydrogens is 234 g/mol. The molecule has 1 N–H and O–H groups in total. The van der Waals surface area contributed by atoms with Gasteiger partial charge in [0, 0.05) is 23.7 Å². The minimum Gasteiger partial charge on any atom is -0.316 e. The third kappa shape index (κ3) is 2.56. The Morgan fingerprint density at radius 3 is 2.74 bits per heavy atom. The normalized spacial score (nSPS) is 14.8.